The summed E-state index contributed by atoms with van der Waals surface area (Å²) in [6, 6.07) is 9.38. The number of aliphatic hydroxyl groups is 2. The average molecular weight is 323 g/mol. The first-order chi connectivity index (χ1) is 11.2. The number of carbonyl (C=O) groups excluding carboxylic acids is 1. The fraction of sp³-hybridized carbons (Fsp3) is 0.438. The van der Waals surface area contributed by atoms with Crippen molar-refractivity contribution in [1.82, 2.24) is 5.32 Å². The summed E-state index contributed by atoms with van der Waals surface area (Å²) in [5, 5.41) is 21.1. The quantitative estimate of drug-likeness (QED) is 0.501. The highest BCUT2D eigenvalue weighted by atomic mass is 16.7. The van der Waals surface area contributed by atoms with Crippen molar-refractivity contribution in [2.45, 2.75) is 25.1 Å². The Bertz CT molecular complexity index is 507. The number of rotatable bonds is 7. The van der Waals surface area contributed by atoms with Crippen LogP contribution in [-0.2, 0) is 20.8 Å². The molecule has 1 amide bonds. The zero-order valence-corrected chi connectivity index (χ0v) is 12.6. The molecule has 1 aliphatic heterocycles. The van der Waals surface area contributed by atoms with Gasteiger partial charge in [0.2, 0.25) is 0 Å². The second kappa shape index (κ2) is 9.26. The van der Waals surface area contributed by atoms with E-state index in [0.717, 1.165) is 5.56 Å². The molecule has 1 aliphatic rings. The predicted octanol–water partition coefficient (Wildman–Crippen LogP) is 0.564. The third kappa shape index (κ3) is 5.99. The average Bonchev–Trinajstić information content (AvgIpc) is 2.59. The van der Waals surface area contributed by atoms with Gasteiger partial charge in [-0.05, 0) is 11.6 Å². The molecule has 0 fully saturated rings. The Morgan fingerprint density at radius 1 is 1.26 bits per heavy atom. The van der Waals surface area contributed by atoms with Gasteiger partial charge in [0.1, 0.15) is 18.8 Å². The third-order valence-electron chi connectivity index (χ3n) is 3.20. The molecule has 1 heterocycles. The van der Waals surface area contributed by atoms with Crippen molar-refractivity contribution in [1.29, 1.82) is 0 Å². The smallest absolute Gasteiger partial charge is 0.407 e. The molecule has 0 radical (unpaired) electrons. The van der Waals surface area contributed by atoms with Crippen molar-refractivity contribution in [3.8, 4) is 0 Å². The molecule has 0 bridgehead atoms. The minimum atomic E-state index is -0.842. The SMILES string of the molecule is O=C(NCCO[C@@H]1C=C[C@H](O)[C@@H](CO)O1)OCc1ccccc1. The van der Waals surface area contributed by atoms with Crippen LogP contribution in [-0.4, -0.2) is 54.6 Å². The number of aliphatic hydroxyl groups excluding tert-OH is 2. The molecule has 3 N–H and O–H groups in total. The van der Waals surface area contributed by atoms with Crippen LogP contribution in [0.1, 0.15) is 5.56 Å². The van der Waals surface area contributed by atoms with Crippen LogP contribution in [0.4, 0.5) is 4.79 Å². The molecule has 1 aromatic carbocycles. The molecule has 7 heteroatoms. The summed E-state index contributed by atoms with van der Waals surface area (Å²) >= 11 is 0. The normalized spacial score (nSPS) is 23.5. The van der Waals surface area contributed by atoms with Gasteiger partial charge in [0.05, 0.1) is 13.2 Å². The molecule has 7 nitrogen and oxygen atoms in total. The van der Waals surface area contributed by atoms with Crippen LogP contribution in [0.2, 0.25) is 0 Å². The first-order valence-electron chi connectivity index (χ1n) is 7.38. The van der Waals surface area contributed by atoms with Crippen molar-refractivity contribution >= 4 is 6.09 Å². The van der Waals surface area contributed by atoms with Crippen molar-refractivity contribution in [3.05, 3.63) is 48.0 Å². The molecule has 0 unspecified atom stereocenters. The van der Waals surface area contributed by atoms with E-state index in [1.165, 1.54) is 6.08 Å². The van der Waals surface area contributed by atoms with Gasteiger partial charge in [-0.2, -0.15) is 0 Å². The molecular weight excluding hydrogens is 302 g/mol. The van der Waals surface area contributed by atoms with E-state index in [1.807, 2.05) is 30.3 Å². The second-order valence-corrected chi connectivity index (χ2v) is 4.96. The fourth-order valence-electron chi connectivity index (χ4n) is 1.97. The summed E-state index contributed by atoms with van der Waals surface area (Å²) in [4.78, 5) is 11.5. The number of alkyl carbamates (subject to hydrolysis) is 1. The monoisotopic (exact) mass is 323 g/mol. The van der Waals surface area contributed by atoms with Crippen LogP contribution >= 0.6 is 0 Å². The Labute approximate surface area is 134 Å². The third-order valence-corrected chi connectivity index (χ3v) is 3.20. The Morgan fingerprint density at radius 3 is 2.78 bits per heavy atom. The molecule has 0 spiro atoms. The highest BCUT2D eigenvalue weighted by molar-refractivity contribution is 5.67. The van der Waals surface area contributed by atoms with E-state index in [0.29, 0.717) is 0 Å². The zero-order chi connectivity index (χ0) is 16.5. The summed E-state index contributed by atoms with van der Waals surface area (Å²) in [5.74, 6) is 0. The van der Waals surface area contributed by atoms with Crippen LogP contribution < -0.4 is 5.32 Å². The minimum Gasteiger partial charge on any atom is -0.445 e. The lowest BCUT2D eigenvalue weighted by atomic mass is 10.1. The topological polar surface area (TPSA) is 97.3 Å². The van der Waals surface area contributed by atoms with E-state index in [9.17, 15) is 9.90 Å². The number of amides is 1. The van der Waals surface area contributed by atoms with E-state index in [2.05, 4.69) is 5.32 Å². The van der Waals surface area contributed by atoms with Gasteiger partial charge >= 0.3 is 6.09 Å². The molecule has 0 saturated heterocycles. The standard InChI is InChI=1S/C16H21NO6/c18-10-14-13(19)6-7-15(23-14)21-9-8-17-16(20)22-11-12-4-2-1-3-5-12/h1-7,13-15,18-19H,8-11H2,(H,17,20)/t13-,14+,15-/m0/s1. The Kier molecular flexibility index (Phi) is 7.02. The highest BCUT2D eigenvalue weighted by Crippen LogP contribution is 2.13. The van der Waals surface area contributed by atoms with E-state index in [1.54, 1.807) is 6.08 Å². The maximum absolute atomic E-state index is 11.5. The lowest BCUT2D eigenvalue weighted by molar-refractivity contribution is -0.179. The lowest BCUT2D eigenvalue weighted by Crippen LogP contribution is -2.39. The second-order valence-electron chi connectivity index (χ2n) is 4.96. The summed E-state index contributed by atoms with van der Waals surface area (Å²) in [6.45, 7) is 0.380. The van der Waals surface area contributed by atoms with Crippen LogP contribution in [0.15, 0.2) is 42.5 Å². The predicted molar refractivity (Wildman–Crippen MR) is 81.5 cm³/mol. The molecule has 0 aliphatic carbocycles. The molecular formula is C16H21NO6. The molecule has 1 aromatic rings. The number of ether oxygens (including phenoxy) is 3. The molecule has 2 rings (SSSR count). The zero-order valence-electron chi connectivity index (χ0n) is 12.6. The van der Waals surface area contributed by atoms with Gasteiger partial charge < -0.3 is 29.7 Å². The maximum Gasteiger partial charge on any atom is 0.407 e. The van der Waals surface area contributed by atoms with E-state index < -0.39 is 24.6 Å². The number of carbonyl (C=O) groups is 1. The highest BCUT2D eigenvalue weighted by Gasteiger charge is 2.25. The van der Waals surface area contributed by atoms with Gasteiger partial charge in [0.25, 0.3) is 0 Å². The fourth-order valence-corrected chi connectivity index (χ4v) is 1.97. The number of hydrogen-bond donors (Lipinski definition) is 3. The number of benzene rings is 1. The summed E-state index contributed by atoms with van der Waals surface area (Å²) in [7, 11) is 0. The molecule has 0 aromatic heterocycles. The van der Waals surface area contributed by atoms with Gasteiger partial charge in [-0.3, -0.25) is 0 Å². The summed E-state index contributed by atoms with van der Waals surface area (Å²) < 4.78 is 15.7. The van der Waals surface area contributed by atoms with Crippen LogP contribution in [0.25, 0.3) is 0 Å². The van der Waals surface area contributed by atoms with Crippen molar-refractivity contribution in [2.24, 2.45) is 0 Å². The Balaban J connectivity index is 1.58. The van der Waals surface area contributed by atoms with Gasteiger partial charge in [-0.1, -0.05) is 36.4 Å². The van der Waals surface area contributed by atoms with Gasteiger partial charge in [-0.15, -0.1) is 0 Å². The summed E-state index contributed by atoms with van der Waals surface area (Å²) in [6.07, 6.45) is 0.347. The summed E-state index contributed by atoms with van der Waals surface area (Å²) in [5.41, 5.74) is 0.910. The van der Waals surface area contributed by atoms with Crippen LogP contribution in [0.3, 0.4) is 0 Å². The van der Waals surface area contributed by atoms with Crippen molar-refractivity contribution in [2.75, 3.05) is 19.8 Å². The molecule has 3 atom stereocenters. The largest absolute Gasteiger partial charge is 0.445 e. The van der Waals surface area contributed by atoms with Crippen LogP contribution in [0, 0.1) is 0 Å². The molecule has 0 saturated carbocycles. The van der Waals surface area contributed by atoms with Gasteiger partial charge in [0.15, 0.2) is 6.29 Å². The van der Waals surface area contributed by atoms with E-state index >= 15 is 0 Å². The molecule has 126 valence electrons. The first-order valence-corrected chi connectivity index (χ1v) is 7.38. The van der Waals surface area contributed by atoms with Gasteiger partial charge in [-0.25, -0.2) is 4.79 Å². The van der Waals surface area contributed by atoms with Crippen molar-refractivity contribution in [3.63, 3.8) is 0 Å². The van der Waals surface area contributed by atoms with Crippen molar-refractivity contribution < 1.29 is 29.2 Å². The minimum absolute atomic E-state index is 0.206. The Hall–Kier alpha value is -1.93. The number of hydrogen-bond acceptors (Lipinski definition) is 6. The lowest BCUT2D eigenvalue weighted by Gasteiger charge is -2.28. The van der Waals surface area contributed by atoms with E-state index in [-0.39, 0.29) is 26.4 Å². The maximum atomic E-state index is 11.5. The Morgan fingerprint density at radius 2 is 2.04 bits per heavy atom. The number of nitrogens with one attached hydrogen (secondary N) is 1. The van der Waals surface area contributed by atoms with Crippen LogP contribution in [0.5, 0.6) is 0 Å². The van der Waals surface area contributed by atoms with Gasteiger partial charge in [0, 0.05) is 6.54 Å². The first kappa shape index (κ1) is 17.4. The molecule has 23 heavy (non-hydrogen) atoms. The van der Waals surface area contributed by atoms with E-state index in [4.69, 9.17) is 19.3 Å².